The molecule has 168 valence electrons. The van der Waals surface area contributed by atoms with Gasteiger partial charge in [0.05, 0.1) is 6.54 Å². The van der Waals surface area contributed by atoms with Crippen molar-refractivity contribution in [2.75, 3.05) is 13.1 Å². The molecule has 31 heavy (non-hydrogen) atoms. The molecule has 0 aliphatic rings. The number of halogens is 2. The smallest absolute Gasteiger partial charge is 0.387 e. The molecule has 0 bridgehead atoms. The summed E-state index contributed by atoms with van der Waals surface area (Å²) in [5.41, 5.74) is 3.03. The van der Waals surface area contributed by atoms with Crippen LogP contribution in [0.25, 0.3) is 0 Å². The highest BCUT2D eigenvalue weighted by atomic mass is 19.3. The van der Waals surface area contributed by atoms with E-state index in [4.69, 9.17) is 0 Å². The second-order valence-electron chi connectivity index (χ2n) is 6.99. The van der Waals surface area contributed by atoms with Gasteiger partial charge >= 0.3 is 6.61 Å². The summed E-state index contributed by atoms with van der Waals surface area (Å²) in [6, 6.07) is 12.4. The Kier molecular flexibility index (Phi) is 9.74. The first kappa shape index (κ1) is 24.1. The van der Waals surface area contributed by atoms with Crippen molar-refractivity contribution in [1.82, 2.24) is 16.0 Å². The highest BCUT2D eigenvalue weighted by Crippen LogP contribution is 2.22. The van der Waals surface area contributed by atoms with Crippen LogP contribution in [0.15, 0.2) is 47.5 Å². The fraction of sp³-hybridized carbons (Fsp3) is 0.391. The predicted octanol–water partition coefficient (Wildman–Crippen LogP) is 3.99. The van der Waals surface area contributed by atoms with Crippen molar-refractivity contribution < 1.29 is 18.3 Å². The van der Waals surface area contributed by atoms with Gasteiger partial charge in [0.15, 0.2) is 5.96 Å². The van der Waals surface area contributed by atoms with Crippen LogP contribution in [0.1, 0.15) is 47.3 Å². The molecule has 3 N–H and O–H groups in total. The second kappa shape index (κ2) is 12.5. The van der Waals surface area contributed by atoms with Crippen molar-refractivity contribution in [2.45, 2.75) is 46.9 Å². The molecular weight excluding hydrogens is 402 g/mol. The Morgan fingerprint density at radius 1 is 1.10 bits per heavy atom. The zero-order valence-electron chi connectivity index (χ0n) is 18.2. The molecule has 2 aromatic rings. The minimum absolute atomic E-state index is 0.108. The van der Waals surface area contributed by atoms with Crippen LogP contribution in [-0.4, -0.2) is 31.6 Å². The molecule has 6 nitrogen and oxygen atoms in total. The fourth-order valence-corrected chi connectivity index (χ4v) is 2.90. The molecular formula is C23H30F2N4O2. The lowest BCUT2D eigenvalue weighted by atomic mass is 10.1. The maximum absolute atomic E-state index is 12.7. The lowest BCUT2D eigenvalue weighted by molar-refractivity contribution is -0.0504. The Hall–Kier alpha value is -3.16. The molecule has 0 fully saturated rings. The lowest BCUT2D eigenvalue weighted by Crippen LogP contribution is -2.37. The van der Waals surface area contributed by atoms with E-state index in [-0.39, 0.29) is 18.2 Å². The maximum atomic E-state index is 12.7. The number of nitrogens with zero attached hydrogens (tertiary/aromatic N) is 1. The molecule has 0 unspecified atom stereocenters. The van der Waals surface area contributed by atoms with E-state index in [1.54, 1.807) is 18.2 Å². The molecule has 0 radical (unpaired) electrons. The van der Waals surface area contributed by atoms with Crippen LogP contribution in [0.4, 0.5) is 8.78 Å². The molecule has 0 spiro atoms. The minimum Gasteiger partial charge on any atom is -0.434 e. The van der Waals surface area contributed by atoms with Crippen molar-refractivity contribution >= 4 is 11.9 Å². The van der Waals surface area contributed by atoms with Crippen LogP contribution in [-0.2, 0) is 13.1 Å². The standard InChI is InChI=1S/C23H30F2N4O2/c1-4-11-27-21(30)18-8-6-7-17(13-18)14-28-23(26-5-2)29-15-19-12-16(3)9-10-20(19)31-22(24)25/h6-10,12-13,22H,4-5,11,14-15H2,1-3H3,(H,27,30)(H2,26,28,29). The van der Waals surface area contributed by atoms with Crippen molar-refractivity contribution in [3.63, 3.8) is 0 Å². The number of carbonyl (C=O) groups excluding carboxylic acids is 1. The van der Waals surface area contributed by atoms with Crippen molar-refractivity contribution in [1.29, 1.82) is 0 Å². The van der Waals surface area contributed by atoms with Crippen molar-refractivity contribution in [2.24, 2.45) is 4.99 Å². The number of benzene rings is 2. The van der Waals surface area contributed by atoms with E-state index >= 15 is 0 Å². The van der Waals surface area contributed by atoms with Gasteiger partial charge in [-0.25, -0.2) is 4.99 Å². The Morgan fingerprint density at radius 2 is 1.90 bits per heavy atom. The van der Waals surface area contributed by atoms with Crippen LogP contribution < -0.4 is 20.7 Å². The zero-order valence-corrected chi connectivity index (χ0v) is 18.2. The third-order valence-electron chi connectivity index (χ3n) is 4.37. The molecule has 0 aromatic heterocycles. The summed E-state index contributed by atoms with van der Waals surface area (Å²) in [5, 5.41) is 9.14. The summed E-state index contributed by atoms with van der Waals surface area (Å²) in [6.07, 6.45) is 0.873. The Morgan fingerprint density at radius 3 is 2.61 bits per heavy atom. The largest absolute Gasteiger partial charge is 0.434 e. The van der Waals surface area contributed by atoms with E-state index in [0.29, 0.717) is 36.7 Å². The lowest BCUT2D eigenvalue weighted by Gasteiger charge is -2.15. The quantitative estimate of drug-likeness (QED) is 0.392. The van der Waals surface area contributed by atoms with Gasteiger partial charge in [0.2, 0.25) is 0 Å². The van der Waals surface area contributed by atoms with Gasteiger partial charge in [0, 0.05) is 30.8 Å². The van der Waals surface area contributed by atoms with Gasteiger partial charge in [-0.2, -0.15) is 8.78 Å². The van der Waals surface area contributed by atoms with Crippen LogP contribution in [0.2, 0.25) is 0 Å². The summed E-state index contributed by atoms with van der Waals surface area (Å²) in [4.78, 5) is 16.7. The monoisotopic (exact) mass is 432 g/mol. The van der Waals surface area contributed by atoms with Gasteiger partial charge in [0.25, 0.3) is 5.91 Å². The van der Waals surface area contributed by atoms with E-state index in [2.05, 4.69) is 25.7 Å². The predicted molar refractivity (Wildman–Crippen MR) is 119 cm³/mol. The second-order valence-corrected chi connectivity index (χ2v) is 6.99. The molecule has 8 heteroatoms. The minimum atomic E-state index is -2.88. The van der Waals surface area contributed by atoms with Gasteiger partial charge in [-0.15, -0.1) is 0 Å². The van der Waals surface area contributed by atoms with E-state index in [1.165, 1.54) is 6.07 Å². The van der Waals surface area contributed by atoms with Gasteiger partial charge in [-0.3, -0.25) is 4.79 Å². The highest BCUT2D eigenvalue weighted by molar-refractivity contribution is 5.94. The summed E-state index contributed by atoms with van der Waals surface area (Å²) in [7, 11) is 0. The molecule has 1 amide bonds. The van der Waals surface area contributed by atoms with Crippen LogP contribution in [0.5, 0.6) is 5.75 Å². The summed E-state index contributed by atoms with van der Waals surface area (Å²) in [6.45, 7) is 4.84. The van der Waals surface area contributed by atoms with Gasteiger partial charge in [-0.1, -0.05) is 36.8 Å². The average molecular weight is 433 g/mol. The Balaban J connectivity index is 2.08. The fourth-order valence-electron chi connectivity index (χ4n) is 2.90. The summed E-state index contributed by atoms with van der Waals surface area (Å²) in [5.74, 6) is 0.561. The van der Waals surface area contributed by atoms with E-state index in [9.17, 15) is 13.6 Å². The first-order valence-electron chi connectivity index (χ1n) is 10.4. The summed E-state index contributed by atoms with van der Waals surface area (Å²) < 4.78 is 30.0. The van der Waals surface area contributed by atoms with Crippen LogP contribution >= 0.6 is 0 Å². The van der Waals surface area contributed by atoms with E-state index in [0.717, 1.165) is 17.5 Å². The number of carbonyl (C=O) groups is 1. The number of rotatable bonds is 10. The topological polar surface area (TPSA) is 74.8 Å². The highest BCUT2D eigenvalue weighted by Gasteiger charge is 2.11. The molecule has 0 aliphatic heterocycles. The number of ether oxygens (including phenoxy) is 1. The zero-order chi connectivity index (χ0) is 22.6. The molecule has 0 atom stereocenters. The van der Waals surface area contributed by atoms with Gasteiger partial charge in [-0.05, 0) is 44.0 Å². The first-order chi connectivity index (χ1) is 14.9. The van der Waals surface area contributed by atoms with Crippen LogP contribution in [0, 0.1) is 6.92 Å². The maximum Gasteiger partial charge on any atom is 0.387 e. The van der Waals surface area contributed by atoms with Crippen molar-refractivity contribution in [3.05, 3.63) is 64.7 Å². The molecule has 0 saturated heterocycles. The van der Waals surface area contributed by atoms with Crippen LogP contribution in [0.3, 0.4) is 0 Å². The third kappa shape index (κ3) is 8.24. The van der Waals surface area contributed by atoms with E-state index < -0.39 is 6.61 Å². The molecule has 2 aromatic carbocycles. The SMILES string of the molecule is CCCNC(=O)c1cccc(CN=C(NCC)NCc2cc(C)ccc2OC(F)F)c1. The molecule has 0 saturated carbocycles. The number of nitrogens with one attached hydrogen (secondary N) is 3. The number of aryl methyl sites for hydroxylation is 1. The Labute approximate surface area is 182 Å². The number of amides is 1. The molecule has 2 rings (SSSR count). The first-order valence-corrected chi connectivity index (χ1v) is 10.4. The normalized spacial score (nSPS) is 11.4. The average Bonchev–Trinajstić information content (AvgIpc) is 2.75. The number of alkyl halides is 2. The number of guanidine groups is 1. The Bertz CT molecular complexity index is 888. The van der Waals surface area contributed by atoms with Gasteiger partial charge in [0.1, 0.15) is 5.75 Å². The number of hydrogen-bond donors (Lipinski definition) is 3. The third-order valence-corrected chi connectivity index (χ3v) is 4.37. The van der Waals surface area contributed by atoms with E-state index in [1.807, 2.05) is 39.0 Å². The molecule has 0 heterocycles. The number of aliphatic imine (C=N–C) groups is 1. The summed E-state index contributed by atoms with van der Waals surface area (Å²) >= 11 is 0. The van der Waals surface area contributed by atoms with Crippen molar-refractivity contribution in [3.8, 4) is 5.75 Å². The van der Waals surface area contributed by atoms with Gasteiger partial charge < -0.3 is 20.7 Å². The number of hydrogen-bond acceptors (Lipinski definition) is 3. The molecule has 0 aliphatic carbocycles.